The van der Waals surface area contributed by atoms with Crippen LogP contribution in [0.1, 0.15) is 32.3 Å². The van der Waals surface area contributed by atoms with Crippen LogP contribution in [0.25, 0.3) is 10.8 Å². The number of anilines is 1. The van der Waals surface area contributed by atoms with Crippen molar-refractivity contribution < 1.29 is 13.2 Å². The number of ether oxygens (including phenoxy) is 1. The van der Waals surface area contributed by atoms with E-state index in [-0.39, 0.29) is 5.75 Å². The van der Waals surface area contributed by atoms with Gasteiger partial charge in [-0.3, -0.25) is 4.72 Å². The fraction of sp³-hybridized carbons (Fsp3) is 0.273. The van der Waals surface area contributed by atoms with Crippen molar-refractivity contribution in [1.82, 2.24) is 0 Å². The molecule has 4 nitrogen and oxygen atoms in total. The van der Waals surface area contributed by atoms with Crippen molar-refractivity contribution in [3.8, 4) is 11.5 Å². The second-order valence-electron chi connectivity index (χ2n) is 6.57. The van der Waals surface area contributed by atoms with Gasteiger partial charge >= 0.3 is 0 Å². The summed E-state index contributed by atoms with van der Waals surface area (Å²) in [4.78, 5) is 0. The maximum atomic E-state index is 12.0. The second kappa shape index (κ2) is 8.44. The summed E-state index contributed by atoms with van der Waals surface area (Å²) in [5, 5.41) is 2.20. The zero-order chi connectivity index (χ0) is 19.3. The van der Waals surface area contributed by atoms with Crippen molar-refractivity contribution in [2.45, 2.75) is 33.1 Å². The van der Waals surface area contributed by atoms with Crippen LogP contribution in [-0.2, 0) is 16.4 Å². The number of nitrogens with one attached hydrogen (secondary N) is 1. The molecular formula is C22H25NO3S. The van der Waals surface area contributed by atoms with Crippen molar-refractivity contribution >= 4 is 26.5 Å². The van der Waals surface area contributed by atoms with E-state index in [1.165, 1.54) is 5.56 Å². The van der Waals surface area contributed by atoms with E-state index in [0.717, 1.165) is 29.4 Å². The van der Waals surface area contributed by atoms with Gasteiger partial charge in [0.1, 0.15) is 11.5 Å². The molecule has 0 radical (unpaired) electrons. The average Bonchev–Trinajstić information content (AvgIpc) is 2.67. The fourth-order valence-corrected chi connectivity index (χ4v) is 4.16. The van der Waals surface area contributed by atoms with Gasteiger partial charge in [0.15, 0.2) is 0 Å². The highest BCUT2D eigenvalue weighted by atomic mass is 32.2. The number of rotatable bonds is 8. The monoisotopic (exact) mass is 383 g/mol. The summed E-state index contributed by atoms with van der Waals surface area (Å²) in [5.41, 5.74) is 1.84. The Balaban J connectivity index is 1.76. The number of hydrogen-bond donors (Lipinski definition) is 1. The van der Waals surface area contributed by atoms with E-state index in [1.807, 2.05) is 19.1 Å². The molecule has 27 heavy (non-hydrogen) atoms. The number of aryl methyl sites for hydroxylation is 1. The highest BCUT2D eigenvalue weighted by molar-refractivity contribution is 7.92. The minimum atomic E-state index is -3.29. The van der Waals surface area contributed by atoms with Crippen molar-refractivity contribution in [3.63, 3.8) is 0 Å². The molecule has 0 saturated carbocycles. The van der Waals surface area contributed by atoms with Gasteiger partial charge in [0.25, 0.3) is 0 Å². The largest absolute Gasteiger partial charge is 0.457 e. The van der Waals surface area contributed by atoms with Crippen molar-refractivity contribution in [3.05, 3.63) is 66.2 Å². The third-order valence-corrected chi connectivity index (χ3v) is 5.81. The first-order valence-corrected chi connectivity index (χ1v) is 11.0. The molecule has 0 aliphatic rings. The Morgan fingerprint density at radius 2 is 1.74 bits per heavy atom. The molecule has 0 amide bonds. The number of fused-ring (bicyclic) bond motifs is 1. The second-order valence-corrected chi connectivity index (χ2v) is 8.41. The third kappa shape index (κ3) is 5.01. The maximum absolute atomic E-state index is 12.0. The number of hydrogen-bond acceptors (Lipinski definition) is 3. The van der Waals surface area contributed by atoms with Crippen LogP contribution >= 0.6 is 0 Å². The lowest BCUT2D eigenvalue weighted by molar-refractivity contribution is 0.488. The van der Waals surface area contributed by atoms with Crippen LogP contribution in [0, 0.1) is 0 Å². The van der Waals surface area contributed by atoms with E-state index in [9.17, 15) is 8.42 Å². The maximum Gasteiger partial charge on any atom is 0.232 e. The Morgan fingerprint density at radius 3 is 2.44 bits per heavy atom. The molecule has 0 fully saturated rings. The van der Waals surface area contributed by atoms with Crippen LogP contribution in [0.2, 0.25) is 0 Å². The van der Waals surface area contributed by atoms with Crippen molar-refractivity contribution in [2.75, 3.05) is 10.5 Å². The lowest BCUT2D eigenvalue weighted by atomic mass is 10.0. The zero-order valence-electron chi connectivity index (χ0n) is 15.7. The van der Waals surface area contributed by atoms with Gasteiger partial charge < -0.3 is 4.74 Å². The first-order chi connectivity index (χ1) is 13.0. The summed E-state index contributed by atoms with van der Waals surface area (Å²) in [6.45, 7) is 4.11. The van der Waals surface area contributed by atoms with Crippen LogP contribution in [0.5, 0.6) is 11.5 Å². The van der Waals surface area contributed by atoms with E-state index in [2.05, 4.69) is 35.9 Å². The van der Waals surface area contributed by atoms with Gasteiger partial charge in [0.2, 0.25) is 10.0 Å². The van der Waals surface area contributed by atoms with E-state index in [1.54, 1.807) is 24.3 Å². The summed E-state index contributed by atoms with van der Waals surface area (Å²) in [6.07, 6.45) is 2.49. The Labute approximate surface area is 161 Å². The van der Waals surface area contributed by atoms with E-state index < -0.39 is 10.0 Å². The number of sulfonamides is 1. The molecule has 0 unspecified atom stereocenters. The molecule has 142 valence electrons. The molecule has 0 bridgehead atoms. The van der Waals surface area contributed by atoms with Gasteiger partial charge in [-0.2, -0.15) is 0 Å². The van der Waals surface area contributed by atoms with E-state index in [4.69, 9.17) is 4.74 Å². The molecular weight excluding hydrogens is 358 g/mol. The third-order valence-electron chi connectivity index (χ3n) is 4.44. The molecule has 0 aliphatic heterocycles. The van der Waals surface area contributed by atoms with Gasteiger partial charge in [0, 0.05) is 11.1 Å². The minimum absolute atomic E-state index is 0.136. The van der Waals surface area contributed by atoms with Crippen LogP contribution in [0.15, 0.2) is 60.7 Å². The van der Waals surface area contributed by atoms with Gasteiger partial charge in [-0.25, -0.2) is 8.42 Å². The predicted molar refractivity (Wildman–Crippen MR) is 112 cm³/mol. The predicted octanol–water partition coefficient (Wildman–Crippen LogP) is 5.74. The molecule has 0 spiro atoms. The number of benzene rings is 3. The van der Waals surface area contributed by atoms with Crippen molar-refractivity contribution in [1.29, 1.82) is 0 Å². The Morgan fingerprint density at radius 1 is 0.963 bits per heavy atom. The highest BCUT2D eigenvalue weighted by Gasteiger charge is 2.10. The molecule has 3 rings (SSSR count). The highest BCUT2D eigenvalue weighted by Crippen LogP contribution is 2.31. The molecule has 0 heterocycles. The molecule has 3 aromatic carbocycles. The van der Waals surface area contributed by atoms with Crippen LogP contribution in [0.3, 0.4) is 0 Å². The van der Waals surface area contributed by atoms with E-state index in [0.29, 0.717) is 17.9 Å². The first kappa shape index (κ1) is 19.2. The molecule has 1 N–H and O–H groups in total. The van der Waals surface area contributed by atoms with Crippen LogP contribution in [-0.4, -0.2) is 14.2 Å². The van der Waals surface area contributed by atoms with Gasteiger partial charge in [0.05, 0.1) is 5.75 Å². The standard InChI is InChI=1S/C22H25NO3S/c1-3-5-15-27(24,25)23-19-10-12-20(13-11-19)26-22-8-6-7-18-16-17(4-2)9-14-21(18)22/h6-14,16,23H,3-5,15H2,1-2H3. The molecule has 5 heteroatoms. The first-order valence-electron chi connectivity index (χ1n) is 9.31. The van der Waals surface area contributed by atoms with E-state index >= 15 is 0 Å². The summed E-state index contributed by atoms with van der Waals surface area (Å²) in [7, 11) is -3.29. The SMILES string of the molecule is CCCCS(=O)(=O)Nc1ccc(Oc2cccc3cc(CC)ccc23)cc1. The average molecular weight is 384 g/mol. The lowest BCUT2D eigenvalue weighted by Gasteiger charge is -2.11. The molecule has 0 atom stereocenters. The van der Waals surface area contributed by atoms with Crippen molar-refractivity contribution in [2.24, 2.45) is 0 Å². The summed E-state index contributed by atoms with van der Waals surface area (Å²) in [5.74, 6) is 1.59. The Kier molecular flexibility index (Phi) is 6.01. The van der Waals surface area contributed by atoms with Gasteiger partial charge in [-0.1, -0.05) is 50.6 Å². The number of unbranched alkanes of at least 4 members (excludes halogenated alkanes) is 1. The molecule has 0 aromatic heterocycles. The zero-order valence-corrected chi connectivity index (χ0v) is 16.6. The van der Waals surface area contributed by atoms with Gasteiger partial charge in [-0.15, -0.1) is 0 Å². The summed E-state index contributed by atoms with van der Waals surface area (Å²) in [6, 6.07) is 19.4. The van der Waals surface area contributed by atoms with Crippen LogP contribution in [0.4, 0.5) is 5.69 Å². The quantitative estimate of drug-likeness (QED) is 0.540. The van der Waals surface area contributed by atoms with Crippen LogP contribution < -0.4 is 9.46 Å². The molecule has 0 aliphatic carbocycles. The summed E-state index contributed by atoms with van der Waals surface area (Å²) < 4.78 is 32.6. The Hall–Kier alpha value is -2.53. The summed E-state index contributed by atoms with van der Waals surface area (Å²) >= 11 is 0. The lowest BCUT2D eigenvalue weighted by Crippen LogP contribution is -2.16. The fourth-order valence-electron chi connectivity index (χ4n) is 2.90. The smallest absolute Gasteiger partial charge is 0.232 e. The minimum Gasteiger partial charge on any atom is -0.457 e. The topological polar surface area (TPSA) is 55.4 Å². The normalized spacial score (nSPS) is 11.5. The molecule has 3 aromatic rings. The van der Waals surface area contributed by atoms with Gasteiger partial charge in [-0.05, 0) is 54.1 Å². The molecule has 0 saturated heterocycles. The Bertz CT molecular complexity index is 1010.